The second-order valence-corrected chi connectivity index (χ2v) is 4.03. The second-order valence-electron chi connectivity index (χ2n) is 3.00. The Morgan fingerprint density at radius 2 is 2.44 bits per heavy atom. The molecule has 0 amide bonds. The second kappa shape index (κ2) is 7.19. The molecule has 1 N–H and O–H groups in total. The molecule has 0 aromatic carbocycles. The molecule has 0 unspecified atom stereocenters. The van der Waals surface area contributed by atoms with E-state index in [4.69, 9.17) is 4.74 Å². The van der Waals surface area contributed by atoms with Gasteiger partial charge in [-0.2, -0.15) is 0 Å². The van der Waals surface area contributed by atoms with Crippen molar-refractivity contribution >= 4 is 22.4 Å². The molecule has 1 aromatic heterocycles. The van der Waals surface area contributed by atoms with Crippen molar-refractivity contribution in [1.29, 1.82) is 0 Å². The summed E-state index contributed by atoms with van der Waals surface area (Å²) in [4.78, 5) is 15.7. The van der Waals surface area contributed by atoms with E-state index in [0.717, 1.165) is 31.3 Å². The van der Waals surface area contributed by atoms with Gasteiger partial charge in [-0.25, -0.2) is 9.78 Å². The number of ether oxygens (including phenoxy) is 2. The monoisotopic (exact) mass is 244 g/mol. The van der Waals surface area contributed by atoms with Crippen LogP contribution < -0.4 is 5.32 Å². The van der Waals surface area contributed by atoms with Gasteiger partial charge in [-0.05, 0) is 13.3 Å². The number of nitrogens with one attached hydrogen (secondary N) is 1. The third kappa shape index (κ3) is 4.16. The minimum absolute atomic E-state index is 0.347. The van der Waals surface area contributed by atoms with E-state index < -0.39 is 0 Å². The Hall–Kier alpha value is -1.14. The first-order valence-electron chi connectivity index (χ1n) is 5.13. The van der Waals surface area contributed by atoms with Crippen molar-refractivity contribution in [2.45, 2.75) is 13.3 Å². The number of carbonyl (C=O) groups is 1. The highest BCUT2D eigenvalue weighted by Crippen LogP contribution is 2.18. The summed E-state index contributed by atoms with van der Waals surface area (Å²) in [5.74, 6) is -0.347. The zero-order chi connectivity index (χ0) is 11.8. The average Bonchev–Trinajstić information content (AvgIpc) is 2.76. The zero-order valence-electron chi connectivity index (χ0n) is 9.49. The Kier molecular flexibility index (Phi) is 5.81. The fourth-order valence-corrected chi connectivity index (χ4v) is 1.82. The molecule has 1 heterocycles. The van der Waals surface area contributed by atoms with Crippen LogP contribution in [0.1, 0.15) is 23.0 Å². The molecular weight excluding hydrogens is 228 g/mol. The highest BCUT2D eigenvalue weighted by molar-refractivity contribution is 7.17. The van der Waals surface area contributed by atoms with E-state index in [1.54, 1.807) is 0 Å². The third-order valence-electron chi connectivity index (χ3n) is 1.84. The molecule has 0 aliphatic rings. The molecule has 1 rings (SSSR count). The lowest BCUT2D eigenvalue weighted by molar-refractivity contribution is 0.0606. The maximum absolute atomic E-state index is 11.1. The molecule has 0 aliphatic carbocycles. The predicted molar refractivity (Wildman–Crippen MR) is 63.1 cm³/mol. The largest absolute Gasteiger partial charge is 0.465 e. The molecule has 1 aromatic rings. The molecule has 90 valence electrons. The molecule has 0 saturated heterocycles. The average molecular weight is 244 g/mol. The number of carbonyl (C=O) groups excluding carboxylic acids is 1. The summed E-state index contributed by atoms with van der Waals surface area (Å²) < 4.78 is 9.79. The number of methoxy groups -OCH3 is 1. The predicted octanol–water partition coefficient (Wildman–Crippen LogP) is 1.77. The molecule has 0 aliphatic heterocycles. The van der Waals surface area contributed by atoms with Crippen molar-refractivity contribution in [2.24, 2.45) is 0 Å². The van der Waals surface area contributed by atoms with Crippen LogP contribution in [0.4, 0.5) is 5.13 Å². The summed E-state index contributed by atoms with van der Waals surface area (Å²) in [6, 6.07) is 0. The summed E-state index contributed by atoms with van der Waals surface area (Å²) in [6.07, 6.45) is 2.43. The highest BCUT2D eigenvalue weighted by Gasteiger charge is 2.09. The van der Waals surface area contributed by atoms with E-state index in [1.165, 1.54) is 24.6 Å². The van der Waals surface area contributed by atoms with Crippen molar-refractivity contribution in [3.8, 4) is 0 Å². The van der Waals surface area contributed by atoms with Gasteiger partial charge in [0.15, 0.2) is 5.13 Å². The molecule has 0 radical (unpaired) electrons. The van der Waals surface area contributed by atoms with Crippen LogP contribution in [0.15, 0.2) is 6.20 Å². The molecule has 16 heavy (non-hydrogen) atoms. The molecule has 0 fully saturated rings. The van der Waals surface area contributed by atoms with E-state index in [-0.39, 0.29) is 5.97 Å². The standard InChI is InChI=1S/C10H16N2O3S/c1-3-15-6-4-5-11-10-12-7-8(16-10)9(13)14-2/h7H,3-6H2,1-2H3,(H,11,12). The Balaban J connectivity index is 2.27. The molecule has 0 spiro atoms. The maximum Gasteiger partial charge on any atom is 0.349 e. The van der Waals surface area contributed by atoms with E-state index >= 15 is 0 Å². The van der Waals surface area contributed by atoms with Crippen molar-refractivity contribution in [2.75, 3.05) is 32.2 Å². The van der Waals surface area contributed by atoms with E-state index in [0.29, 0.717) is 4.88 Å². The number of rotatable bonds is 7. The Bertz CT molecular complexity index is 328. The van der Waals surface area contributed by atoms with Crippen molar-refractivity contribution in [1.82, 2.24) is 4.98 Å². The van der Waals surface area contributed by atoms with E-state index in [9.17, 15) is 4.79 Å². The van der Waals surface area contributed by atoms with Crippen LogP contribution in [0, 0.1) is 0 Å². The van der Waals surface area contributed by atoms with E-state index in [1.807, 2.05) is 6.92 Å². The molecule has 0 atom stereocenters. The van der Waals surface area contributed by atoms with Gasteiger partial charge in [-0.3, -0.25) is 0 Å². The number of hydrogen-bond acceptors (Lipinski definition) is 6. The van der Waals surface area contributed by atoms with Crippen LogP contribution in [-0.2, 0) is 9.47 Å². The molecular formula is C10H16N2O3S. The first-order chi connectivity index (χ1) is 7.77. The summed E-state index contributed by atoms with van der Waals surface area (Å²) in [7, 11) is 1.36. The van der Waals surface area contributed by atoms with Crippen LogP contribution in [0.3, 0.4) is 0 Å². The van der Waals surface area contributed by atoms with Crippen LogP contribution in [0.2, 0.25) is 0 Å². The quantitative estimate of drug-likeness (QED) is 0.585. The third-order valence-corrected chi connectivity index (χ3v) is 2.77. The number of aromatic nitrogens is 1. The van der Waals surface area contributed by atoms with Crippen molar-refractivity contribution in [3.05, 3.63) is 11.1 Å². The van der Waals surface area contributed by atoms with Gasteiger partial charge in [0.05, 0.1) is 13.3 Å². The smallest absolute Gasteiger partial charge is 0.349 e. The Labute approximate surface area is 98.8 Å². The first-order valence-corrected chi connectivity index (χ1v) is 5.95. The van der Waals surface area contributed by atoms with Gasteiger partial charge in [0.1, 0.15) is 4.88 Å². The molecule has 0 saturated carbocycles. The summed E-state index contributed by atoms with van der Waals surface area (Å²) in [5, 5.41) is 3.86. The summed E-state index contributed by atoms with van der Waals surface area (Å²) in [6.45, 7) is 4.23. The van der Waals surface area contributed by atoms with Crippen LogP contribution >= 0.6 is 11.3 Å². The Morgan fingerprint density at radius 1 is 1.62 bits per heavy atom. The van der Waals surface area contributed by atoms with Gasteiger partial charge < -0.3 is 14.8 Å². The van der Waals surface area contributed by atoms with Gasteiger partial charge >= 0.3 is 5.97 Å². The normalized spacial score (nSPS) is 10.1. The molecule has 0 bridgehead atoms. The topological polar surface area (TPSA) is 60.5 Å². The number of thiazole rings is 1. The maximum atomic E-state index is 11.1. The summed E-state index contributed by atoms with van der Waals surface area (Å²) >= 11 is 1.29. The lowest BCUT2D eigenvalue weighted by Gasteiger charge is -2.02. The highest BCUT2D eigenvalue weighted by atomic mass is 32.1. The molecule has 5 nitrogen and oxygen atoms in total. The number of anilines is 1. The lowest BCUT2D eigenvalue weighted by atomic mass is 10.4. The Morgan fingerprint density at radius 3 is 3.12 bits per heavy atom. The van der Waals surface area contributed by atoms with Gasteiger partial charge in [0, 0.05) is 19.8 Å². The van der Waals surface area contributed by atoms with Gasteiger partial charge in [0.25, 0.3) is 0 Å². The minimum Gasteiger partial charge on any atom is -0.465 e. The van der Waals surface area contributed by atoms with Crippen LogP contribution in [0.25, 0.3) is 0 Å². The van der Waals surface area contributed by atoms with Crippen LogP contribution in [-0.4, -0.2) is 37.8 Å². The fraction of sp³-hybridized carbons (Fsp3) is 0.600. The van der Waals surface area contributed by atoms with E-state index in [2.05, 4.69) is 15.0 Å². The zero-order valence-corrected chi connectivity index (χ0v) is 10.3. The SMILES string of the molecule is CCOCCCNc1ncc(C(=O)OC)s1. The minimum atomic E-state index is -0.347. The molecule has 6 heteroatoms. The summed E-state index contributed by atoms with van der Waals surface area (Å²) in [5.41, 5.74) is 0. The van der Waals surface area contributed by atoms with Gasteiger partial charge in [0.2, 0.25) is 0 Å². The first kappa shape index (κ1) is 12.9. The lowest BCUT2D eigenvalue weighted by Crippen LogP contribution is -2.05. The van der Waals surface area contributed by atoms with Crippen molar-refractivity contribution in [3.63, 3.8) is 0 Å². The van der Waals surface area contributed by atoms with Crippen LogP contribution in [0.5, 0.6) is 0 Å². The fourth-order valence-electron chi connectivity index (χ4n) is 1.06. The van der Waals surface area contributed by atoms with Gasteiger partial charge in [-0.15, -0.1) is 0 Å². The van der Waals surface area contributed by atoms with Gasteiger partial charge in [-0.1, -0.05) is 11.3 Å². The number of esters is 1. The number of nitrogens with zero attached hydrogens (tertiary/aromatic N) is 1. The van der Waals surface area contributed by atoms with Crippen molar-refractivity contribution < 1.29 is 14.3 Å². The number of hydrogen-bond donors (Lipinski definition) is 1.